The van der Waals surface area contributed by atoms with Gasteiger partial charge >= 0.3 is 0 Å². The molecule has 1 aliphatic carbocycles. The second-order valence-corrected chi connectivity index (χ2v) is 10.5. The summed E-state index contributed by atoms with van der Waals surface area (Å²) in [4.78, 5) is 0. The average molecular weight is 385 g/mol. The summed E-state index contributed by atoms with van der Waals surface area (Å²) in [5.41, 5.74) is 2.94. The van der Waals surface area contributed by atoms with Gasteiger partial charge in [0.05, 0.1) is 6.04 Å². The van der Waals surface area contributed by atoms with Crippen LogP contribution in [0.3, 0.4) is 0 Å². The van der Waals surface area contributed by atoms with Crippen molar-refractivity contribution in [2.75, 3.05) is 13.1 Å². The van der Waals surface area contributed by atoms with Crippen molar-refractivity contribution in [1.29, 1.82) is 0 Å². The van der Waals surface area contributed by atoms with Gasteiger partial charge in [-0.1, -0.05) is 22.0 Å². The summed E-state index contributed by atoms with van der Waals surface area (Å²) in [5.74, 6) is 0. The summed E-state index contributed by atoms with van der Waals surface area (Å²) in [7, 11) is 0. The lowest BCUT2D eigenvalue weighted by Crippen LogP contribution is -2.48. The lowest BCUT2D eigenvalue weighted by atomic mass is 9.73. The Morgan fingerprint density at radius 2 is 2.00 bits per heavy atom. The molecule has 1 spiro atoms. The zero-order chi connectivity index (χ0) is 16.0. The predicted molar refractivity (Wildman–Crippen MR) is 96.2 cm³/mol. The molecule has 3 nitrogen and oxygen atoms in total. The molecule has 2 N–H and O–H groups in total. The zero-order valence-electron chi connectivity index (χ0n) is 13.5. The van der Waals surface area contributed by atoms with Gasteiger partial charge in [0.25, 0.3) is 0 Å². The maximum atomic E-state index is 12.7. The molecular weight excluding hydrogens is 360 g/mol. The van der Waals surface area contributed by atoms with Gasteiger partial charge in [-0.25, -0.2) is 0 Å². The number of piperidine rings is 1. The van der Waals surface area contributed by atoms with Crippen molar-refractivity contribution in [3.63, 3.8) is 0 Å². The van der Waals surface area contributed by atoms with Gasteiger partial charge in [-0.05, 0) is 76.4 Å². The van der Waals surface area contributed by atoms with Gasteiger partial charge < -0.3 is 9.87 Å². The van der Waals surface area contributed by atoms with Gasteiger partial charge in [0.1, 0.15) is 4.75 Å². The minimum absolute atomic E-state index is 0.183. The highest BCUT2D eigenvalue weighted by molar-refractivity contribution is 9.10. The van der Waals surface area contributed by atoms with Crippen LogP contribution in [0.4, 0.5) is 0 Å². The summed E-state index contributed by atoms with van der Waals surface area (Å²) in [5, 5.41) is 3.47. The predicted octanol–water partition coefficient (Wildman–Crippen LogP) is 3.47. The largest absolute Gasteiger partial charge is 0.598 e. The Morgan fingerprint density at radius 3 is 2.64 bits per heavy atom. The van der Waals surface area contributed by atoms with Crippen molar-refractivity contribution in [3.8, 4) is 0 Å². The fourth-order valence-electron chi connectivity index (χ4n) is 3.67. The molecule has 0 amide bonds. The number of rotatable bonds is 2. The van der Waals surface area contributed by atoms with Crippen LogP contribution in [-0.2, 0) is 17.8 Å². The van der Waals surface area contributed by atoms with Crippen molar-refractivity contribution in [1.82, 2.24) is 10.0 Å². The minimum Gasteiger partial charge on any atom is -0.598 e. The Balaban J connectivity index is 1.95. The van der Waals surface area contributed by atoms with E-state index in [9.17, 15) is 4.55 Å². The smallest absolute Gasteiger partial charge is 0.136 e. The Hall–Kier alpha value is -0.0700. The van der Waals surface area contributed by atoms with E-state index in [0.717, 1.165) is 36.8 Å². The van der Waals surface area contributed by atoms with Crippen LogP contribution in [0, 0.1) is 5.41 Å². The number of nitrogens with one attached hydrogen (secondary N) is 2. The van der Waals surface area contributed by atoms with Crippen molar-refractivity contribution in [2.24, 2.45) is 5.41 Å². The normalized spacial score (nSPS) is 25.2. The molecule has 2 aliphatic rings. The van der Waals surface area contributed by atoms with Crippen molar-refractivity contribution < 1.29 is 4.55 Å². The highest BCUT2D eigenvalue weighted by atomic mass is 79.9. The lowest BCUT2D eigenvalue weighted by molar-refractivity contribution is 0.163. The van der Waals surface area contributed by atoms with Crippen LogP contribution in [0.2, 0.25) is 0 Å². The van der Waals surface area contributed by atoms with E-state index in [4.69, 9.17) is 0 Å². The Labute approximate surface area is 145 Å². The number of benzene rings is 1. The summed E-state index contributed by atoms with van der Waals surface area (Å²) < 4.78 is 17.1. The van der Waals surface area contributed by atoms with Gasteiger partial charge in [-0.3, -0.25) is 0 Å². The number of halogens is 1. The molecule has 22 heavy (non-hydrogen) atoms. The van der Waals surface area contributed by atoms with Crippen LogP contribution in [-0.4, -0.2) is 22.4 Å². The molecule has 122 valence electrons. The Kier molecular flexibility index (Phi) is 4.65. The van der Waals surface area contributed by atoms with Crippen LogP contribution in [0.1, 0.15) is 50.8 Å². The molecule has 0 aromatic heterocycles. The molecule has 0 radical (unpaired) electrons. The third-order valence-corrected chi connectivity index (χ3v) is 7.01. The summed E-state index contributed by atoms with van der Waals surface area (Å²) in [6.45, 7) is 8.19. The third-order valence-electron chi connectivity index (χ3n) is 4.95. The zero-order valence-corrected chi connectivity index (χ0v) is 15.9. The van der Waals surface area contributed by atoms with Crippen LogP contribution in [0.15, 0.2) is 22.7 Å². The highest BCUT2D eigenvalue weighted by Gasteiger charge is 2.49. The minimum atomic E-state index is -1.05. The van der Waals surface area contributed by atoms with E-state index < -0.39 is 11.4 Å². The molecule has 1 aliphatic heterocycles. The molecule has 1 aromatic carbocycles. The van der Waals surface area contributed by atoms with Crippen molar-refractivity contribution >= 4 is 27.3 Å². The first-order chi connectivity index (χ1) is 10.3. The van der Waals surface area contributed by atoms with E-state index in [1.807, 2.05) is 20.8 Å². The molecule has 2 atom stereocenters. The Bertz CT molecular complexity index is 552. The van der Waals surface area contributed by atoms with Gasteiger partial charge in [0.2, 0.25) is 0 Å². The van der Waals surface area contributed by atoms with E-state index in [1.165, 1.54) is 11.1 Å². The fraction of sp³-hybridized carbons (Fsp3) is 0.647. The highest BCUT2D eigenvalue weighted by Crippen LogP contribution is 2.52. The molecule has 5 heteroatoms. The van der Waals surface area contributed by atoms with Gasteiger partial charge in [-0.15, -0.1) is 4.72 Å². The lowest BCUT2D eigenvalue weighted by Gasteiger charge is -2.40. The van der Waals surface area contributed by atoms with E-state index >= 15 is 0 Å². The molecule has 3 rings (SSSR count). The standard InChI is InChI=1S/C17H25BrN2OS/c1-16(2,3)22(21)20-15-14-10-13(18)5-4-12(14)11-17(15)6-8-19-9-7-17/h4-5,10,15,19-20H,6-9,11H2,1-3H3/t15-,22-/m1/s1. The number of hydrogen-bond acceptors (Lipinski definition) is 3. The van der Waals surface area contributed by atoms with E-state index in [-0.39, 0.29) is 16.2 Å². The van der Waals surface area contributed by atoms with Crippen LogP contribution in [0.25, 0.3) is 0 Å². The van der Waals surface area contributed by atoms with E-state index in [0.29, 0.717) is 0 Å². The summed E-state index contributed by atoms with van der Waals surface area (Å²) in [6.07, 6.45) is 3.37. The van der Waals surface area contributed by atoms with Crippen LogP contribution < -0.4 is 10.0 Å². The topological polar surface area (TPSA) is 47.1 Å². The molecule has 0 unspecified atom stereocenters. The van der Waals surface area contributed by atoms with Crippen molar-refractivity contribution in [2.45, 2.75) is 50.8 Å². The van der Waals surface area contributed by atoms with Crippen LogP contribution in [0.5, 0.6) is 0 Å². The first-order valence-electron chi connectivity index (χ1n) is 7.99. The molecular formula is C17H25BrN2OS. The molecule has 0 saturated carbocycles. The maximum absolute atomic E-state index is 12.7. The molecule has 1 heterocycles. The van der Waals surface area contributed by atoms with E-state index in [1.54, 1.807) is 0 Å². The Morgan fingerprint density at radius 1 is 1.32 bits per heavy atom. The second-order valence-electron chi connectivity index (χ2n) is 7.56. The third kappa shape index (κ3) is 3.11. The number of hydrogen-bond donors (Lipinski definition) is 2. The monoisotopic (exact) mass is 384 g/mol. The second kappa shape index (κ2) is 6.10. The summed E-state index contributed by atoms with van der Waals surface area (Å²) >= 11 is 2.54. The quantitative estimate of drug-likeness (QED) is 0.767. The SMILES string of the molecule is CC(C)(C)[S@@+]([O-])N[C@@H]1c2cc(Br)ccc2CC12CCNCC2. The van der Waals surface area contributed by atoms with Gasteiger partial charge in [0, 0.05) is 21.2 Å². The fourth-order valence-corrected chi connectivity index (χ4v) is 4.99. The molecule has 1 saturated heterocycles. The first kappa shape index (κ1) is 16.8. The molecule has 0 bridgehead atoms. The molecule has 1 aromatic rings. The van der Waals surface area contributed by atoms with Crippen LogP contribution >= 0.6 is 15.9 Å². The van der Waals surface area contributed by atoms with E-state index in [2.05, 4.69) is 44.2 Å². The van der Waals surface area contributed by atoms with Gasteiger partial charge in [0.15, 0.2) is 0 Å². The number of fused-ring (bicyclic) bond motifs is 1. The maximum Gasteiger partial charge on any atom is 0.136 e. The first-order valence-corrected chi connectivity index (χ1v) is 9.93. The van der Waals surface area contributed by atoms with Crippen molar-refractivity contribution in [3.05, 3.63) is 33.8 Å². The van der Waals surface area contributed by atoms with Gasteiger partial charge in [-0.2, -0.15) is 0 Å². The average Bonchev–Trinajstić information content (AvgIpc) is 2.72. The molecule has 1 fully saturated rings. The summed E-state index contributed by atoms with van der Waals surface area (Å²) in [6, 6.07) is 6.74.